The Morgan fingerprint density at radius 2 is 1.79 bits per heavy atom. The summed E-state index contributed by atoms with van der Waals surface area (Å²) >= 11 is 0. The van der Waals surface area contributed by atoms with Crippen LogP contribution >= 0.6 is 0 Å². The van der Waals surface area contributed by atoms with Crippen molar-refractivity contribution in [2.45, 2.75) is 26.1 Å². The molecule has 1 rings (SSSR count). The molecule has 0 fully saturated rings. The van der Waals surface area contributed by atoms with Crippen molar-refractivity contribution >= 4 is 0 Å². The van der Waals surface area contributed by atoms with E-state index in [9.17, 15) is 13.2 Å². The molecule has 0 heterocycles. The second-order valence-corrected chi connectivity index (χ2v) is 3.31. The van der Waals surface area contributed by atoms with Crippen molar-refractivity contribution in [3.63, 3.8) is 0 Å². The van der Waals surface area contributed by atoms with Crippen LogP contribution in [0.3, 0.4) is 0 Å². The zero-order valence-electron chi connectivity index (χ0n) is 8.02. The first kappa shape index (κ1) is 11.0. The topological polar surface area (TPSA) is 26.0 Å². The molecular weight excluding hydrogens is 191 g/mol. The third-order valence-corrected chi connectivity index (χ3v) is 2.33. The minimum absolute atomic E-state index is 0.150. The van der Waals surface area contributed by atoms with E-state index in [1.807, 2.05) is 0 Å². The molecule has 1 atom stereocenters. The lowest BCUT2D eigenvalue weighted by atomic mass is 9.98. The van der Waals surface area contributed by atoms with Gasteiger partial charge in [-0.25, -0.2) is 0 Å². The molecule has 0 radical (unpaired) electrons. The van der Waals surface area contributed by atoms with Crippen molar-refractivity contribution in [2.75, 3.05) is 0 Å². The van der Waals surface area contributed by atoms with Crippen molar-refractivity contribution in [2.24, 2.45) is 5.73 Å². The Balaban J connectivity index is 3.14. The average molecular weight is 203 g/mol. The van der Waals surface area contributed by atoms with Gasteiger partial charge in [0.25, 0.3) is 0 Å². The van der Waals surface area contributed by atoms with E-state index in [4.69, 9.17) is 5.73 Å². The lowest BCUT2D eigenvalue weighted by Crippen LogP contribution is -2.29. The molecule has 14 heavy (non-hydrogen) atoms. The molecule has 0 bridgehead atoms. The predicted octanol–water partition coefficient (Wildman–Crippen LogP) is 2.87. The molecule has 0 aliphatic carbocycles. The SMILES string of the molecule is Cc1cccc([C@@H](N)C(F)(F)F)c1C. The molecule has 4 heteroatoms. The first-order valence-corrected chi connectivity index (χ1v) is 4.22. The first-order chi connectivity index (χ1) is 6.34. The molecule has 1 aromatic carbocycles. The molecule has 0 aliphatic heterocycles. The highest BCUT2D eigenvalue weighted by molar-refractivity contribution is 5.35. The highest BCUT2D eigenvalue weighted by Crippen LogP contribution is 2.32. The van der Waals surface area contributed by atoms with Gasteiger partial charge < -0.3 is 5.73 Å². The summed E-state index contributed by atoms with van der Waals surface area (Å²) in [5.74, 6) is 0. The van der Waals surface area contributed by atoms with Crippen LogP contribution < -0.4 is 5.73 Å². The van der Waals surface area contributed by atoms with Crippen LogP contribution in [0.15, 0.2) is 18.2 Å². The number of halogens is 3. The first-order valence-electron chi connectivity index (χ1n) is 4.22. The normalized spacial score (nSPS) is 14.1. The maximum atomic E-state index is 12.3. The van der Waals surface area contributed by atoms with Crippen LogP contribution in [0.2, 0.25) is 0 Å². The highest BCUT2D eigenvalue weighted by atomic mass is 19.4. The molecule has 0 unspecified atom stereocenters. The number of rotatable bonds is 1. The number of hydrogen-bond acceptors (Lipinski definition) is 1. The van der Waals surface area contributed by atoms with Crippen molar-refractivity contribution in [3.8, 4) is 0 Å². The molecule has 0 amide bonds. The number of alkyl halides is 3. The Kier molecular flexibility index (Phi) is 2.85. The van der Waals surface area contributed by atoms with Crippen LogP contribution in [0.1, 0.15) is 22.7 Å². The zero-order chi connectivity index (χ0) is 10.9. The maximum absolute atomic E-state index is 12.3. The van der Waals surface area contributed by atoms with Gasteiger partial charge in [0.15, 0.2) is 0 Å². The van der Waals surface area contributed by atoms with Gasteiger partial charge in [-0.15, -0.1) is 0 Å². The second kappa shape index (κ2) is 3.61. The number of hydrogen-bond donors (Lipinski definition) is 1. The molecule has 78 valence electrons. The van der Waals surface area contributed by atoms with Crippen LogP contribution in [0.25, 0.3) is 0 Å². The van der Waals surface area contributed by atoms with E-state index < -0.39 is 12.2 Å². The molecule has 2 N–H and O–H groups in total. The minimum Gasteiger partial charge on any atom is -0.316 e. The van der Waals surface area contributed by atoms with Crippen LogP contribution in [0, 0.1) is 13.8 Å². The van der Waals surface area contributed by atoms with E-state index in [0.29, 0.717) is 5.56 Å². The van der Waals surface area contributed by atoms with Crippen molar-refractivity contribution < 1.29 is 13.2 Å². The van der Waals surface area contributed by atoms with Gasteiger partial charge in [0, 0.05) is 0 Å². The minimum atomic E-state index is -4.38. The van der Waals surface area contributed by atoms with E-state index in [1.54, 1.807) is 26.0 Å². The lowest BCUT2D eigenvalue weighted by molar-refractivity contribution is -0.149. The Bertz CT molecular complexity index is 331. The van der Waals surface area contributed by atoms with Crippen LogP contribution in [-0.2, 0) is 0 Å². The Hall–Kier alpha value is -1.03. The summed E-state index contributed by atoms with van der Waals surface area (Å²) < 4.78 is 37.0. The van der Waals surface area contributed by atoms with Gasteiger partial charge in [0.2, 0.25) is 0 Å². The van der Waals surface area contributed by atoms with E-state index in [1.165, 1.54) is 6.07 Å². The van der Waals surface area contributed by atoms with Gasteiger partial charge in [-0.1, -0.05) is 18.2 Å². The fourth-order valence-corrected chi connectivity index (χ4v) is 1.29. The van der Waals surface area contributed by atoms with Crippen molar-refractivity contribution in [1.82, 2.24) is 0 Å². The van der Waals surface area contributed by atoms with Gasteiger partial charge in [-0.05, 0) is 30.5 Å². The highest BCUT2D eigenvalue weighted by Gasteiger charge is 2.38. The quantitative estimate of drug-likeness (QED) is 0.746. The molecule has 0 spiro atoms. The van der Waals surface area contributed by atoms with Crippen molar-refractivity contribution in [3.05, 3.63) is 34.9 Å². The molecule has 1 nitrogen and oxygen atoms in total. The van der Waals surface area contributed by atoms with Crippen molar-refractivity contribution in [1.29, 1.82) is 0 Å². The van der Waals surface area contributed by atoms with Gasteiger partial charge in [-0.2, -0.15) is 13.2 Å². The fourth-order valence-electron chi connectivity index (χ4n) is 1.29. The van der Waals surface area contributed by atoms with Crippen LogP contribution in [0.4, 0.5) is 13.2 Å². The summed E-state index contributed by atoms with van der Waals surface area (Å²) in [7, 11) is 0. The third kappa shape index (κ3) is 2.07. The lowest BCUT2D eigenvalue weighted by Gasteiger charge is -2.18. The molecule has 1 aromatic rings. The standard InChI is InChI=1S/C10H12F3N/c1-6-4-3-5-8(7(6)2)9(14)10(11,12)13/h3-5,9H,14H2,1-2H3/t9-/m1/s1. The third-order valence-electron chi connectivity index (χ3n) is 2.33. The summed E-state index contributed by atoms with van der Waals surface area (Å²) in [6, 6.07) is 2.88. The van der Waals surface area contributed by atoms with Crippen LogP contribution in [-0.4, -0.2) is 6.18 Å². The predicted molar refractivity (Wildman–Crippen MR) is 48.9 cm³/mol. The monoisotopic (exact) mass is 203 g/mol. The van der Waals surface area contributed by atoms with Gasteiger partial charge in [0.1, 0.15) is 6.04 Å². The Labute approximate surface area is 80.7 Å². The summed E-state index contributed by atoms with van der Waals surface area (Å²) in [4.78, 5) is 0. The zero-order valence-corrected chi connectivity index (χ0v) is 8.02. The molecule has 0 aromatic heterocycles. The maximum Gasteiger partial charge on any atom is 0.407 e. The average Bonchev–Trinajstić information content (AvgIpc) is 2.07. The summed E-state index contributed by atoms with van der Waals surface area (Å²) in [5.41, 5.74) is 6.70. The Morgan fingerprint density at radius 3 is 2.29 bits per heavy atom. The molecule has 0 saturated carbocycles. The van der Waals surface area contributed by atoms with E-state index in [-0.39, 0.29) is 5.56 Å². The number of aryl methyl sites for hydroxylation is 1. The largest absolute Gasteiger partial charge is 0.407 e. The number of nitrogens with two attached hydrogens (primary N) is 1. The fraction of sp³-hybridized carbons (Fsp3) is 0.400. The van der Waals surface area contributed by atoms with E-state index >= 15 is 0 Å². The number of benzene rings is 1. The molecule has 0 saturated heterocycles. The van der Waals surface area contributed by atoms with E-state index in [0.717, 1.165) is 5.56 Å². The van der Waals surface area contributed by atoms with Gasteiger partial charge in [-0.3, -0.25) is 0 Å². The molecular formula is C10H12F3N. The summed E-state index contributed by atoms with van der Waals surface area (Å²) in [6.45, 7) is 3.41. The second-order valence-electron chi connectivity index (χ2n) is 3.31. The van der Waals surface area contributed by atoms with Gasteiger partial charge >= 0.3 is 6.18 Å². The molecule has 0 aliphatic rings. The summed E-state index contributed by atoms with van der Waals surface area (Å²) in [5, 5.41) is 0. The Morgan fingerprint density at radius 1 is 1.21 bits per heavy atom. The smallest absolute Gasteiger partial charge is 0.316 e. The summed E-state index contributed by atoms with van der Waals surface area (Å²) in [6.07, 6.45) is -4.38. The van der Waals surface area contributed by atoms with Crippen LogP contribution in [0.5, 0.6) is 0 Å². The van der Waals surface area contributed by atoms with Gasteiger partial charge in [0.05, 0.1) is 0 Å². The van der Waals surface area contributed by atoms with E-state index in [2.05, 4.69) is 0 Å².